The standard InChI is InChI=1S/C30H34BrNO6/c1-6-16(3)38-30(35)26-17(4)32-23-13-19(18-8-10-21(36-5)11-9-18)14-24(33)28(23)27(26)20-12-22(31)29(34)25(15-20)37-7-2/h8-12,15-16,19,26-27,34H,6-7,13-14H2,1-5H3/t16-,19+,26?,27-/m0/s1. The van der Waals surface area contributed by atoms with E-state index in [1.807, 2.05) is 52.0 Å². The number of phenols is 1. The van der Waals surface area contributed by atoms with Crippen molar-refractivity contribution in [3.05, 3.63) is 63.3 Å². The van der Waals surface area contributed by atoms with Crippen LogP contribution in [0.4, 0.5) is 0 Å². The lowest BCUT2D eigenvalue weighted by atomic mass is 9.69. The molecule has 2 aromatic carbocycles. The molecule has 1 heterocycles. The number of aliphatic imine (C=N–C) groups is 1. The molecule has 0 amide bonds. The molecular formula is C30H34BrNO6. The number of allylic oxidation sites excluding steroid dienone is 2. The molecule has 4 rings (SSSR count). The SMILES string of the molecule is CCOc1cc([C@@H]2C3=C(C[C@@H](c4ccc(OC)cc4)CC3=O)N=C(C)C2C(=O)O[C@@H](C)CC)cc(Br)c1O. The van der Waals surface area contributed by atoms with Crippen molar-refractivity contribution in [3.8, 4) is 17.2 Å². The quantitative estimate of drug-likeness (QED) is 0.357. The molecule has 1 unspecified atom stereocenters. The second-order valence-electron chi connectivity index (χ2n) is 9.81. The van der Waals surface area contributed by atoms with Crippen LogP contribution in [0.1, 0.15) is 69.9 Å². The Hall–Kier alpha value is -3.13. The molecule has 0 spiro atoms. The van der Waals surface area contributed by atoms with Gasteiger partial charge in [-0.25, -0.2) is 0 Å². The minimum absolute atomic E-state index is 0.0285. The fourth-order valence-electron chi connectivity index (χ4n) is 5.23. The Bertz CT molecular complexity index is 1280. The van der Waals surface area contributed by atoms with Gasteiger partial charge in [-0.05, 0) is 90.9 Å². The lowest BCUT2D eigenvalue weighted by Gasteiger charge is -2.37. The van der Waals surface area contributed by atoms with E-state index < -0.39 is 17.8 Å². The van der Waals surface area contributed by atoms with E-state index in [0.29, 0.717) is 52.9 Å². The third-order valence-corrected chi connectivity index (χ3v) is 7.94. The van der Waals surface area contributed by atoms with Gasteiger partial charge in [0.05, 0.1) is 24.3 Å². The number of methoxy groups -OCH3 is 1. The van der Waals surface area contributed by atoms with Crippen molar-refractivity contribution in [1.82, 2.24) is 0 Å². The van der Waals surface area contributed by atoms with Crippen molar-refractivity contribution in [1.29, 1.82) is 0 Å². The smallest absolute Gasteiger partial charge is 0.315 e. The number of carbonyl (C=O) groups is 2. The molecule has 4 atom stereocenters. The second kappa shape index (κ2) is 11.7. The van der Waals surface area contributed by atoms with Crippen molar-refractivity contribution in [3.63, 3.8) is 0 Å². The van der Waals surface area contributed by atoms with Crippen LogP contribution in [0.15, 0.2) is 57.1 Å². The third kappa shape index (κ3) is 5.51. The Kier molecular flexibility index (Phi) is 8.61. The number of hydrogen-bond acceptors (Lipinski definition) is 7. The lowest BCUT2D eigenvalue weighted by Crippen LogP contribution is -2.39. The number of phenolic OH excluding ortho intramolecular Hbond substituents is 1. The molecule has 2 aliphatic rings. The molecule has 202 valence electrons. The normalized spacial score (nSPS) is 21.9. The summed E-state index contributed by atoms with van der Waals surface area (Å²) < 4.78 is 17.1. The summed E-state index contributed by atoms with van der Waals surface area (Å²) in [5, 5.41) is 10.5. The molecule has 0 saturated heterocycles. The van der Waals surface area contributed by atoms with Gasteiger partial charge >= 0.3 is 5.97 Å². The van der Waals surface area contributed by atoms with Gasteiger partial charge in [-0.3, -0.25) is 14.6 Å². The van der Waals surface area contributed by atoms with Crippen molar-refractivity contribution in [2.45, 2.75) is 64.9 Å². The van der Waals surface area contributed by atoms with Gasteiger partial charge in [-0.15, -0.1) is 0 Å². The molecule has 0 fully saturated rings. The first kappa shape index (κ1) is 27.9. The summed E-state index contributed by atoms with van der Waals surface area (Å²) >= 11 is 3.42. The van der Waals surface area contributed by atoms with E-state index in [-0.39, 0.29) is 29.3 Å². The van der Waals surface area contributed by atoms with Gasteiger partial charge in [0.25, 0.3) is 0 Å². The zero-order valence-corrected chi connectivity index (χ0v) is 24.0. The number of benzene rings is 2. The van der Waals surface area contributed by atoms with E-state index in [2.05, 4.69) is 15.9 Å². The van der Waals surface area contributed by atoms with E-state index in [0.717, 1.165) is 11.3 Å². The van der Waals surface area contributed by atoms with E-state index >= 15 is 0 Å². The number of carbonyl (C=O) groups excluding carboxylic acids is 2. The highest BCUT2D eigenvalue weighted by Crippen LogP contribution is 2.49. The molecule has 1 aliphatic heterocycles. The fourth-order valence-corrected chi connectivity index (χ4v) is 5.69. The number of Topliss-reactive ketones (excluding diaryl/α,β-unsaturated/α-hetero) is 1. The minimum Gasteiger partial charge on any atom is -0.503 e. The van der Waals surface area contributed by atoms with Crippen LogP contribution in [0.3, 0.4) is 0 Å². The Labute approximate surface area is 232 Å². The van der Waals surface area contributed by atoms with Gasteiger partial charge in [0.1, 0.15) is 11.7 Å². The summed E-state index contributed by atoms with van der Waals surface area (Å²) in [6.45, 7) is 7.80. The molecule has 1 aliphatic carbocycles. The molecular weight excluding hydrogens is 550 g/mol. The average Bonchev–Trinajstić information content (AvgIpc) is 2.90. The van der Waals surface area contributed by atoms with Crippen LogP contribution in [0.5, 0.6) is 17.2 Å². The number of halogens is 1. The van der Waals surface area contributed by atoms with E-state index in [1.54, 1.807) is 19.2 Å². The van der Waals surface area contributed by atoms with E-state index in [4.69, 9.17) is 19.2 Å². The molecule has 0 bridgehead atoms. The Morgan fingerprint density at radius 2 is 1.87 bits per heavy atom. The van der Waals surface area contributed by atoms with Gasteiger partial charge in [-0.1, -0.05) is 19.1 Å². The summed E-state index contributed by atoms with van der Waals surface area (Å²) in [4.78, 5) is 32.2. The first-order valence-corrected chi connectivity index (χ1v) is 13.8. The molecule has 38 heavy (non-hydrogen) atoms. The largest absolute Gasteiger partial charge is 0.503 e. The predicted octanol–water partition coefficient (Wildman–Crippen LogP) is 6.48. The zero-order chi connectivity index (χ0) is 27.6. The molecule has 8 heteroatoms. The summed E-state index contributed by atoms with van der Waals surface area (Å²) in [5.41, 5.74) is 3.56. The van der Waals surface area contributed by atoms with E-state index in [9.17, 15) is 14.7 Å². The van der Waals surface area contributed by atoms with Gasteiger partial charge < -0.3 is 19.3 Å². The van der Waals surface area contributed by atoms with Crippen molar-refractivity contribution < 1.29 is 28.9 Å². The zero-order valence-electron chi connectivity index (χ0n) is 22.4. The Morgan fingerprint density at radius 3 is 2.50 bits per heavy atom. The number of rotatable bonds is 8. The maximum atomic E-state index is 13.8. The Balaban J connectivity index is 1.82. The maximum absolute atomic E-state index is 13.8. The van der Waals surface area contributed by atoms with Crippen LogP contribution in [0.25, 0.3) is 0 Å². The lowest BCUT2D eigenvalue weighted by molar-refractivity contribution is -0.151. The molecule has 0 aromatic heterocycles. The van der Waals surface area contributed by atoms with Crippen molar-refractivity contribution >= 4 is 33.4 Å². The number of hydrogen-bond donors (Lipinski definition) is 1. The van der Waals surface area contributed by atoms with Crippen molar-refractivity contribution in [2.75, 3.05) is 13.7 Å². The van der Waals surface area contributed by atoms with Crippen LogP contribution >= 0.6 is 15.9 Å². The summed E-state index contributed by atoms with van der Waals surface area (Å²) in [6, 6.07) is 11.2. The van der Waals surface area contributed by atoms with Crippen LogP contribution in [-0.4, -0.2) is 42.4 Å². The maximum Gasteiger partial charge on any atom is 0.315 e. The first-order chi connectivity index (χ1) is 18.2. The highest BCUT2D eigenvalue weighted by atomic mass is 79.9. The van der Waals surface area contributed by atoms with Gasteiger partial charge in [0.15, 0.2) is 17.3 Å². The second-order valence-corrected chi connectivity index (χ2v) is 10.7. The topological polar surface area (TPSA) is 94.4 Å². The van der Waals surface area contributed by atoms with Crippen LogP contribution in [0.2, 0.25) is 0 Å². The molecule has 7 nitrogen and oxygen atoms in total. The van der Waals surface area contributed by atoms with Crippen LogP contribution in [0, 0.1) is 5.92 Å². The first-order valence-electron chi connectivity index (χ1n) is 13.0. The molecule has 1 N–H and O–H groups in total. The summed E-state index contributed by atoms with van der Waals surface area (Å²) in [6.07, 6.45) is 1.29. The van der Waals surface area contributed by atoms with E-state index in [1.165, 1.54) is 0 Å². The molecule has 2 aromatic rings. The number of nitrogens with zero attached hydrogens (tertiary/aromatic N) is 1. The van der Waals surface area contributed by atoms with Gasteiger partial charge in [0, 0.05) is 29.3 Å². The fraction of sp³-hybridized carbons (Fsp3) is 0.433. The van der Waals surface area contributed by atoms with Crippen LogP contribution in [-0.2, 0) is 14.3 Å². The minimum atomic E-state index is -0.768. The van der Waals surface area contributed by atoms with Crippen molar-refractivity contribution in [2.24, 2.45) is 10.9 Å². The van der Waals surface area contributed by atoms with Crippen LogP contribution < -0.4 is 9.47 Å². The van der Waals surface area contributed by atoms with Gasteiger partial charge in [-0.2, -0.15) is 0 Å². The summed E-state index contributed by atoms with van der Waals surface area (Å²) in [5.74, 6) is -0.853. The number of esters is 1. The Morgan fingerprint density at radius 1 is 1.16 bits per heavy atom. The summed E-state index contributed by atoms with van der Waals surface area (Å²) in [7, 11) is 1.62. The predicted molar refractivity (Wildman–Crippen MR) is 149 cm³/mol. The number of aromatic hydroxyl groups is 1. The molecule has 0 radical (unpaired) electrons. The average molecular weight is 585 g/mol. The van der Waals surface area contributed by atoms with Gasteiger partial charge in [0.2, 0.25) is 0 Å². The number of ketones is 1. The third-order valence-electron chi connectivity index (χ3n) is 7.33. The molecule has 0 saturated carbocycles. The highest BCUT2D eigenvalue weighted by Gasteiger charge is 2.45. The number of ether oxygens (including phenoxy) is 3. The monoisotopic (exact) mass is 583 g/mol. The highest BCUT2D eigenvalue weighted by molar-refractivity contribution is 9.10.